The number of benzene rings is 1. The van der Waals surface area contributed by atoms with Gasteiger partial charge in [-0.2, -0.15) is 0 Å². The smallest absolute Gasteiger partial charge is 0.328 e. The first-order valence-electron chi connectivity index (χ1n) is 9.75. The average Bonchev–Trinajstić information content (AvgIpc) is 3.05. The van der Waals surface area contributed by atoms with E-state index in [2.05, 4.69) is 22.9 Å². The van der Waals surface area contributed by atoms with Crippen LogP contribution in [0.1, 0.15) is 31.0 Å². The zero-order valence-electron chi connectivity index (χ0n) is 16.0. The molecule has 0 bridgehead atoms. The van der Waals surface area contributed by atoms with Crippen molar-refractivity contribution in [3.63, 3.8) is 0 Å². The van der Waals surface area contributed by atoms with Gasteiger partial charge in [-0.1, -0.05) is 25.1 Å². The molecule has 6 nitrogen and oxygen atoms in total. The van der Waals surface area contributed by atoms with Crippen molar-refractivity contribution >= 4 is 22.8 Å². The molecule has 1 N–H and O–H groups in total. The van der Waals surface area contributed by atoms with Gasteiger partial charge < -0.3 is 14.6 Å². The number of rotatable bonds is 3. The Morgan fingerprint density at radius 2 is 1.96 bits per heavy atom. The molecule has 1 atom stereocenters. The van der Waals surface area contributed by atoms with E-state index >= 15 is 0 Å². The molecule has 2 aliphatic heterocycles. The van der Waals surface area contributed by atoms with Crippen molar-refractivity contribution in [2.45, 2.75) is 38.8 Å². The number of fused-ring (bicyclic) bond motifs is 3. The fourth-order valence-corrected chi connectivity index (χ4v) is 4.32. The van der Waals surface area contributed by atoms with Gasteiger partial charge in [-0.25, -0.2) is 4.79 Å². The van der Waals surface area contributed by atoms with E-state index < -0.39 is 6.04 Å². The predicted octanol–water partition coefficient (Wildman–Crippen LogP) is 2.33. The lowest BCUT2D eigenvalue weighted by atomic mass is 9.96. The van der Waals surface area contributed by atoms with Crippen LogP contribution in [0.4, 0.5) is 0 Å². The molecule has 144 valence electrons. The highest BCUT2D eigenvalue weighted by Gasteiger charge is 2.37. The first-order valence-corrected chi connectivity index (χ1v) is 9.75. The fraction of sp³-hybridized carbons (Fsp3) is 0.524. The van der Waals surface area contributed by atoms with Gasteiger partial charge in [-0.05, 0) is 43.5 Å². The zero-order chi connectivity index (χ0) is 19.0. The number of methoxy groups -OCH3 is 1. The third kappa shape index (κ3) is 3.46. The maximum Gasteiger partial charge on any atom is 0.328 e. The highest BCUT2D eigenvalue weighted by molar-refractivity contribution is 5.90. The summed E-state index contributed by atoms with van der Waals surface area (Å²) in [5, 5.41) is 1.12. The normalized spacial score (nSPS) is 21.3. The molecule has 0 unspecified atom stereocenters. The first kappa shape index (κ1) is 18.0. The molecular formula is C21H27N3O3. The summed E-state index contributed by atoms with van der Waals surface area (Å²) in [5.41, 5.74) is 3.19. The number of ether oxygens (including phenoxy) is 1. The van der Waals surface area contributed by atoms with Crippen LogP contribution >= 0.6 is 0 Å². The second-order valence-electron chi connectivity index (χ2n) is 7.85. The van der Waals surface area contributed by atoms with Crippen LogP contribution in [0.15, 0.2) is 24.3 Å². The van der Waals surface area contributed by atoms with Gasteiger partial charge in [0.2, 0.25) is 5.91 Å². The number of likely N-dealkylation sites (tertiary alicyclic amines) is 1. The van der Waals surface area contributed by atoms with E-state index in [-0.39, 0.29) is 11.9 Å². The van der Waals surface area contributed by atoms with Crippen molar-refractivity contribution in [3.05, 3.63) is 35.5 Å². The largest absolute Gasteiger partial charge is 0.467 e. The number of amides is 1. The fourth-order valence-electron chi connectivity index (χ4n) is 4.32. The Balaban J connectivity index is 1.58. The van der Waals surface area contributed by atoms with Crippen LogP contribution in [0.2, 0.25) is 0 Å². The number of hydrogen-bond acceptors (Lipinski definition) is 4. The molecule has 0 spiro atoms. The third-order valence-electron chi connectivity index (χ3n) is 6.03. The number of aromatic amines is 1. The van der Waals surface area contributed by atoms with E-state index in [0.717, 1.165) is 54.0 Å². The van der Waals surface area contributed by atoms with Crippen molar-refractivity contribution in [2.24, 2.45) is 5.92 Å². The second-order valence-corrected chi connectivity index (χ2v) is 7.85. The van der Waals surface area contributed by atoms with Gasteiger partial charge in [0.25, 0.3) is 0 Å². The highest BCUT2D eigenvalue weighted by Crippen LogP contribution is 2.31. The van der Waals surface area contributed by atoms with Gasteiger partial charge in [0, 0.05) is 23.0 Å². The Morgan fingerprint density at radius 1 is 1.22 bits per heavy atom. The molecule has 27 heavy (non-hydrogen) atoms. The minimum absolute atomic E-state index is 0.00394. The summed E-state index contributed by atoms with van der Waals surface area (Å²) in [6.07, 6.45) is 2.74. The molecule has 6 heteroatoms. The van der Waals surface area contributed by atoms with Crippen LogP contribution in [0.25, 0.3) is 10.9 Å². The SMILES string of the molecule is COC(=O)[C@@H]1Cc2c([nH]c3ccccc23)CN1C(=O)CN1CCC(C)CC1. The first-order chi connectivity index (χ1) is 13.1. The Bertz CT molecular complexity index is 851. The van der Waals surface area contributed by atoms with Crippen molar-refractivity contribution in [3.8, 4) is 0 Å². The Morgan fingerprint density at radius 3 is 2.70 bits per heavy atom. The van der Waals surface area contributed by atoms with Crippen LogP contribution in [-0.4, -0.2) is 59.4 Å². The molecule has 1 aromatic carbocycles. The third-order valence-corrected chi connectivity index (χ3v) is 6.03. The van der Waals surface area contributed by atoms with Crippen molar-refractivity contribution in [2.75, 3.05) is 26.7 Å². The number of aromatic nitrogens is 1. The molecule has 4 rings (SSSR count). The van der Waals surface area contributed by atoms with Crippen molar-refractivity contribution < 1.29 is 14.3 Å². The maximum atomic E-state index is 13.1. The molecular weight excluding hydrogens is 342 g/mol. The molecule has 2 aromatic rings. The van der Waals surface area contributed by atoms with Crippen molar-refractivity contribution in [1.29, 1.82) is 0 Å². The van der Waals surface area contributed by atoms with Crippen molar-refractivity contribution in [1.82, 2.24) is 14.8 Å². The van der Waals surface area contributed by atoms with Gasteiger partial charge in [0.15, 0.2) is 0 Å². The van der Waals surface area contributed by atoms with Gasteiger partial charge in [-0.3, -0.25) is 9.69 Å². The summed E-state index contributed by atoms with van der Waals surface area (Å²) < 4.78 is 5.02. The lowest BCUT2D eigenvalue weighted by Gasteiger charge is -2.36. The number of esters is 1. The predicted molar refractivity (Wildman–Crippen MR) is 103 cm³/mol. The monoisotopic (exact) mass is 369 g/mol. The van der Waals surface area contributed by atoms with Crippen LogP contribution in [-0.2, 0) is 27.3 Å². The molecule has 0 radical (unpaired) electrons. The Hall–Kier alpha value is -2.34. The molecule has 2 aliphatic rings. The number of nitrogens with zero attached hydrogens (tertiary/aromatic N) is 2. The number of para-hydroxylation sites is 1. The summed E-state index contributed by atoms with van der Waals surface area (Å²) >= 11 is 0. The van der Waals surface area contributed by atoms with E-state index in [1.165, 1.54) is 7.11 Å². The minimum atomic E-state index is -0.557. The zero-order valence-corrected chi connectivity index (χ0v) is 16.0. The van der Waals surface area contributed by atoms with Gasteiger partial charge >= 0.3 is 5.97 Å². The van der Waals surface area contributed by atoms with Crippen LogP contribution in [0.3, 0.4) is 0 Å². The summed E-state index contributed by atoms with van der Waals surface area (Å²) in [6, 6.07) is 7.52. The average molecular weight is 369 g/mol. The van der Waals surface area contributed by atoms with Gasteiger partial charge in [0.1, 0.15) is 6.04 Å². The number of nitrogens with one attached hydrogen (secondary N) is 1. The number of piperidine rings is 1. The number of carbonyl (C=O) groups is 2. The van der Waals surface area contributed by atoms with Gasteiger partial charge in [0.05, 0.1) is 20.2 Å². The number of H-pyrrole nitrogens is 1. The Kier molecular flexibility index (Phi) is 4.91. The second kappa shape index (κ2) is 7.35. The summed E-state index contributed by atoms with van der Waals surface area (Å²) in [7, 11) is 1.39. The van der Waals surface area contributed by atoms with E-state index in [1.54, 1.807) is 4.90 Å². The standard InChI is InChI=1S/C21H27N3O3/c1-14-7-9-23(10-8-14)13-20(25)24-12-18-16(11-19(24)21(26)27-2)15-5-3-4-6-17(15)22-18/h3-6,14,19,22H,7-13H2,1-2H3/t19-/m0/s1. The summed E-state index contributed by atoms with van der Waals surface area (Å²) in [5.74, 6) is 0.388. The highest BCUT2D eigenvalue weighted by atomic mass is 16.5. The molecule has 0 aliphatic carbocycles. The quantitative estimate of drug-likeness (QED) is 0.844. The molecule has 1 fully saturated rings. The lowest BCUT2D eigenvalue weighted by Crippen LogP contribution is -2.52. The molecule has 0 saturated carbocycles. The van der Waals surface area contributed by atoms with E-state index in [1.807, 2.05) is 18.2 Å². The summed E-state index contributed by atoms with van der Waals surface area (Å²) in [4.78, 5) is 32.8. The van der Waals surface area contributed by atoms with Crippen LogP contribution < -0.4 is 0 Å². The Labute approximate surface area is 159 Å². The van der Waals surface area contributed by atoms with Gasteiger partial charge in [-0.15, -0.1) is 0 Å². The molecule has 1 amide bonds. The van der Waals surface area contributed by atoms with E-state index in [9.17, 15) is 9.59 Å². The number of hydrogen-bond donors (Lipinski definition) is 1. The lowest BCUT2D eigenvalue weighted by molar-refractivity contribution is -0.154. The van der Waals surface area contributed by atoms with E-state index in [0.29, 0.717) is 19.5 Å². The number of carbonyl (C=O) groups excluding carboxylic acids is 2. The molecule has 1 saturated heterocycles. The minimum Gasteiger partial charge on any atom is -0.467 e. The van der Waals surface area contributed by atoms with Crippen LogP contribution in [0.5, 0.6) is 0 Å². The topological polar surface area (TPSA) is 65.6 Å². The van der Waals surface area contributed by atoms with Crippen LogP contribution in [0, 0.1) is 5.92 Å². The van der Waals surface area contributed by atoms with E-state index in [4.69, 9.17) is 4.74 Å². The molecule has 3 heterocycles. The maximum absolute atomic E-state index is 13.1. The summed E-state index contributed by atoms with van der Waals surface area (Å²) in [6.45, 7) is 4.94. The molecule has 1 aromatic heterocycles.